The van der Waals surface area contributed by atoms with Gasteiger partial charge in [0, 0.05) is 11.6 Å². The van der Waals surface area contributed by atoms with Gasteiger partial charge in [-0.05, 0) is 25.0 Å². The second-order valence-electron chi connectivity index (χ2n) is 5.07. The van der Waals surface area contributed by atoms with E-state index in [2.05, 4.69) is 10.7 Å². The Kier molecular flexibility index (Phi) is 4.71. The van der Waals surface area contributed by atoms with Crippen LogP contribution in [-0.2, 0) is 0 Å². The fourth-order valence-corrected chi connectivity index (χ4v) is 2.48. The van der Waals surface area contributed by atoms with Crippen molar-refractivity contribution in [3.05, 3.63) is 33.9 Å². The summed E-state index contributed by atoms with van der Waals surface area (Å²) < 4.78 is 0. The van der Waals surface area contributed by atoms with Gasteiger partial charge in [-0.1, -0.05) is 12.8 Å². The number of carbonyl (C=O) groups excluding carboxylic acids is 1. The number of amides is 1. The molecule has 0 radical (unpaired) electrons. The molecule has 0 heterocycles. The predicted molar refractivity (Wildman–Crippen MR) is 76.6 cm³/mol. The fraction of sp³-hybridized carbons (Fsp3) is 0.462. The fourth-order valence-electron chi connectivity index (χ4n) is 2.48. The minimum atomic E-state index is -0.610. The largest absolute Gasteiger partial charge is 0.391 e. The molecule has 1 amide bonds. The highest BCUT2D eigenvalue weighted by molar-refractivity contribution is 5.96. The van der Waals surface area contributed by atoms with Crippen LogP contribution >= 0.6 is 0 Å². The van der Waals surface area contributed by atoms with Crippen LogP contribution in [0.1, 0.15) is 36.0 Å². The second kappa shape index (κ2) is 6.51. The van der Waals surface area contributed by atoms with E-state index >= 15 is 0 Å². The molecule has 5 N–H and O–H groups in total. The lowest BCUT2D eigenvalue weighted by Gasteiger charge is -2.28. The van der Waals surface area contributed by atoms with E-state index in [-0.39, 0.29) is 23.0 Å². The van der Waals surface area contributed by atoms with E-state index < -0.39 is 16.9 Å². The standard InChI is InChI=1S/C13H18N4O4/c14-16-9-6-5-8(7-11(9)17(20)21)13(19)15-10-3-1-2-4-12(10)18/h5-7,10,12,16,18H,1-4,14H2,(H,15,19). The monoisotopic (exact) mass is 294 g/mol. The molecular weight excluding hydrogens is 276 g/mol. The average molecular weight is 294 g/mol. The lowest BCUT2D eigenvalue weighted by Crippen LogP contribution is -2.45. The molecule has 0 bridgehead atoms. The number of hydrogen-bond acceptors (Lipinski definition) is 6. The zero-order valence-electron chi connectivity index (χ0n) is 11.4. The predicted octanol–water partition coefficient (Wildman–Crippen LogP) is 0.914. The summed E-state index contributed by atoms with van der Waals surface area (Å²) in [5.74, 6) is 4.76. The van der Waals surface area contributed by atoms with Crippen LogP contribution in [-0.4, -0.2) is 28.1 Å². The van der Waals surface area contributed by atoms with Crippen LogP contribution in [0.25, 0.3) is 0 Å². The van der Waals surface area contributed by atoms with Crippen LogP contribution < -0.4 is 16.6 Å². The number of nitrogens with zero attached hydrogens (tertiary/aromatic N) is 1. The van der Waals surface area contributed by atoms with Gasteiger partial charge in [-0.2, -0.15) is 0 Å². The molecule has 8 heteroatoms. The van der Waals surface area contributed by atoms with Crippen LogP contribution in [0.4, 0.5) is 11.4 Å². The van der Waals surface area contributed by atoms with Crippen LogP contribution in [0.15, 0.2) is 18.2 Å². The molecule has 0 saturated heterocycles. The van der Waals surface area contributed by atoms with Gasteiger partial charge in [0.2, 0.25) is 0 Å². The van der Waals surface area contributed by atoms with Gasteiger partial charge in [-0.25, -0.2) is 0 Å². The molecule has 0 spiro atoms. The summed E-state index contributed by atoms with van der Waals surface area (Å²) in [7, 11) is 0. The van der Waals surface area contributed by atoms with Crippen LogP contribution in [0, 0.1) is 10.1 Å². The number of nitrogens with two attached hydrogens (primary N) is 1. The van der Waals surface area contributed by atoms with Gasteiger partial charge >= 0.3 is 0 Å². The number of nitrogen functional groups attached to an aromatic ring is 1. The topological polar surface area (TPSA) is 131 Å². The summed E-state index contributed by atoms with van der Waals surface area (Å²) in [6.07, 6.45) is 2.68. The van der Waals surface area contributed by atoms with Crippen LogP contribution in [0.2, 0.25) is 0 Å². The van der Waals surface area contributed by atoms with Crippen molar-refractivity contribution in [3.8, 4) is 0 Å². The summed E-state index contributed by atoms with van der Waals surface area (Å²) in [4.78, 5) is 22.5. The van der Waals surface area contributed by atoms with Gasteiger partial charge in [0.05, 0.1) is 17.1 Å². The Labute approximate surface area is 121 Å². The Morgan fingerprint density at radius 1 is 1.38 bits per heavy atom. The zero-order chi connectivity index (χ0) is 15.4. The molecule has 1 aliphatic rings. The summed E-state index contributed by atoms with van der Waals surface area (Å²) in [6.45, 7) is 0. The van der Waals surface area contributed by atoms with E-state index in [9.17, 15) is 20.0 Å². The summed E-state index contributed by atoms with van der Waals surface area (Å²) in [5.41, 5.74) is 2.25. The zero-order valence-corrected chi connectivity index (χ0v) is 11.4. The number of benzene rings is 1. The van der Waals surface area contributed by atoms with E-state index in [0.717, 1.165) is 12.8 Å². The first-order valence-electron chi connectivity index (χ1n) is 6.77. The molecule has 0 aliphatic heterocycles. The van der Waals surface area contributed by atoms with Crippen molar-refractivity contribution in [2.75, 3.05) is 5.43 Å². The molecule has 2 rings (SSSR count). The third kappa shape index (κ3) is 3.47. The van der Waals surface area contributed by atoms with Crippen LogP contribution in [0.3, 0.4) is 0 Å². The number of aliphatic hydroxyl groups is 1. The van der Waals surface area contributed by atoms with Crippen molar-refractivity contribution in [2.24, 2.45) is 5.84 Å². The number of rotatable bonds is 4. The number of carbonyl (C=O) groups is 1. The third-order valence-electron chi connectivity index (χ3n) is 3.66. The quantitative estimate of drug-likeness (QED) is 0.371. The van der Waals surface area contributed by atoms with Gasteiger partial charge in [0.15, 0.2) is 0 Å². The Bertz CT molecular complexity index is 549. The summed E-state index contributed by atoms with van der Waals surface area (Å²) >= 11 is 0. The minimum Gasteiger partial charge on any atom is -0.391 e. The lowest BCUT2D eigenvalue weighted by atomic mass is 9.92. The highest BCUT2D eigenvalue weighted by Gasteiger charge is 2.25. The van der Waals surface area contributed by atoms with Gasteiger partial charge < -0.3 is 15.8 Å². The molecule has 1 aromatic carbocycles. The SMILES string of the molecule is NNc1ccc(C(=O)NC2CCCCC2O)cc1[N+](=O)[O-]. The van der Waals surface area contributed by atoms with Gasteiger partial charge in [-0.3, -0.25) is 20.8 Å². The minimum absolute atomic E-state index is 0.134. The molecule has 1 saturated carbocycles. The maximum atomic E-state index is 12.1. The number of hydrazine groups is 1. The number of aliphatic hydroxyl groups excluding tert-OH is 1. The summed E-state index contributed by atoms with van der Waals surface area (Å²) in [6, 6.07) is 3.69. The number of anilines is 1. The number of nitro groups is 1. The van der Waals surface area contributed by atoms with Crippen molar-refractivity contribution in [1.82, 2.24) is 5.32 Å². The van der Waals surface area contributed by atoms with E-state index in [4.69, 9.17) is 5.84 Å². The Morgan fingerprint density at radius 2 is 2.10 bits per heavy atom. The first kappa shape index (κ1) is 15.2. The van der Waals surface area contributed by atoms with Crippen molar-refractivity contribution < 1.29 is 14.8 Å². The molecule has 21 heavy (non-hydrogen) atoms. The molecule has 114 valence electrons. The Morgan fingerprint density at radius 3 is 2.71 bits per heavy atom. The molecule has 0 aromatic heterocycles. The maximum absolute atomic E-state index is 12.1. The number of nitro benzene ring substituents is 1. The molecule has 1 aromatic rings. The van der Waals surface area contributed by atoms with Gasteiger partial charge in [0.1, 0.15) is 5.69 Å². The molecule has 1 fully saturated rings. The highest BCUT2D eigenvalue weighted by atomic mass is 16.6. The van der Waals surface area contributed by atoms with E-state index in [1.165, 1.54) is 18.2 Å². The smallest absolute Gasteiger partial charge is 0.294 e. The average Bonchev–Trinajstić information content (AvgIpc) is 2.48. The molecule has 2 atom stereocenters. The summed E-state index contributed by atoms with van der Waals surface area (Å²) in [5, 5.41) is 23.5. The first-order valence-corrected chi connectivity index (χ1v) is 6.77. The molecule has 2 unspecified atom stereocenters. The van der Waals surface area contributed by atoms with E-state index in [1.54, 1.807) is 0 Å². The Balaban J connectivity index is 2.15. The van der Waals surface area contributed by atoms with Crippen molar-refractivity contribution in [1.29, 1.82) is 0 Å². The second-order valence-corrected chi connectivity index (χ2v) is 5.07. The van der Waals surface area contributed by atoms with Crippen molar-refractivity contribution in [2.45, 2.75) is 37.8 Å². The molecule has 8 nitrogen and oxygen atoms in total. The van der Waals surface area contributed by atoms with Crippen molar-refractivity contribution >= 4 is 17.3 Å². The molecular formula is C13H18N4O4. The van der Waals surface area contributed by atoms with Crippen LogP contribution in [0.5, 0.6) is 0 Å². The third-order valence-corrected chi connectivity index (χ3v) is 3.66. The lowest BCUT2D eigenvalue weighted by molar-refractivity contribution is -0.384. The first-order chi connectivity index (χ1) is 10.0. The van der Waals surface area contributed by atoms with Crippen molar-refractivity contribution in [3.63, 3.8) is 0 Å². The van der Waals surface area contributed by atoms with E-state index in [1.807, 2.05) is 0 Å². The Hall–Kier alpha value is -2.19. The number of nitrogens with one attached hydrogen (secondary N) is 2. The maximum Gasteiger partial charge on any atom is 0.294 e. The highest BCUT2D eigenvalue weighted by Crippen LogP contribution is 2.25. The van der Waals surface area contributed by atoms with Gasteiger partial charge in [-0.15, -0.1) is 0 Å². The van der Waals surface area contributed by atoms with E-state index in [0.29, 0.717) is 12.8 Å². The van der Waals surface area contributed by atoms with Gasteiger partial charge in [0.25, 0.3) is 11.6 Å². The normalized spacial score (nSPS) is 21.6. The molecule has 1 aliphatic carbocycles. The number of hydrogen-bond donors (Lipinski definition) is 4.